The van der Waals surface area contributed by atoms with E-state index in [-0.39, 0.29) is 30.2 Å². The summed E-state index contributed by atoms with van der Waals surface area (Å²) in [6.45, 7) is 2.91. The Kier molecular flexibility index (Phi) is 6.49. The first-order chi connectivity index (χ1) is 17.5. The molecule has 5 rings (SSSR count). The maximum absolute atomic E-state index is 13.7. The van der Waals surface area contributed by atoms with Crippen LogP contribution >= 0.6 is 0 Å². The second-order valence-corrected chi connectivity index (χ2v) is 8.77. The summed E-state index contributed by atoms with van der Waals surface area (Å²) in [5, 5.41) is 0.498. The van der Waals surface area contributed by atoms with Crippen LogP contribution in [0.25, 0.3) is 21.9 Å². The maximum Gasteiger partial charge on any atom is 0.329 e. The number of fused-ring (bicyclic) bond motifs is 2. The number of hydrogen-bond acceptors (Lipinski definition) is 4. The average molecular weight is 482 g/mol. The number of imidazole rings is 1. The van der Waals surface area contributed by atoms with E-state index in [2.05, 4.69) is 9.97 Å². The third-order valence-electron chi connectivity index (χ3n) is 6.24. The van der Waals surface area contributed by atoms with Crippen molar-refractivity contribution in [3.8, 4) is 0 Å². The molecule has 1 amide bonds. The number of hydrogen-bond donors (Lipinski definition) is 1. The number of rotatable bonds is 8. The lowest BCUT2D eigenvalue weighted by Gasteiger charge is -2.23. The number of aromatic nitrogens is 4. The number of carbonyl (C=O) groups excluding carboxylic acids is 1. The smallest absolute Gasteiger partial charge is 0.329 e. The molecule has 8 nitrogen and oxygen atoms in total. The van der Waals surface area contributed by atoms with Gasteiger partial charge in [0.2, 0.25) is 5.91 Å². The molecule has 0 bridgehead atoms. The van der Waals surface area contributed by atoms with Crippen LogP contribution in [0.3, 0.4) is 0 Å². The minimum absolute atomic E-state index is 0.107. The highest BCUT2D eigenvalue weighted by molar-refractivity contribution is 5.81. The number of para-hydroxylation sites is 3. The SMILES string of the molecule is CCCn1c(=O)n(CC(=O)N(Cc2ccccc2)Cc2nc3ccccc3c(=O)[nH]2)c2ccccc21. The Bertz CT molecular complexity index is 1650. The van der Waals surface area contributed by atoms with Crippen molar-refractivity contribution >= 4 is 27.8 Å². The lowest BCUT2D eigenvalue weighted by atomic mass is 10.2. The fraction of sp³-hybridized carbons (Fsp3) is 0.214. The van der Waals surface area contributed by atoms with Crippen molar-refractivity contribution in [2.45, 2.75) is 39.5 Å². The van der Waals surface area contributed by atoms with Crippen LogP contribution in [0.1, 0.15) is 24.7 Å². The first-order valence-electron chi connectivity index (χ1n) is 12.0. The van der Waals surface area contributed by atoms with Crippen molar-refractivity contribution < 1.29 is 4.79 Å². The van der Waals surface area contributed by atoms with Gasteiger partial charge in [0.25, 0.3) is 5.56 Å². The van der Waals surface area contributed by atoms with Gasteiger partial charge in [0.05, 0.1) is 28.5 Å². The summed E-state index contributed by atoms with van der Waals surface area (Å²) < 4.78 is 3.24. The molecule has 1 N–H and O–H groups in total. The molecule has 2 heterocycles. The van der Waals surface area contributed by atoms with Crippen LogP contribution in [0.15, 0.2) is 88.5 Å². The lowest BCUT2D eigenvalue weighted by molar-refractivity contribution is -0.133. The van der Waals surface area contributed by atoms with Crippen LogP contribution in [-0.2, 0) is 31.0 Å². The molecule has 182 valence electrons. The zero-order valence-corrected chi connectivity index (χ0v) is 20.1. The number of amides is 1. The molecule has 0 aliphatic rings. The van der Waals surface area contributed by atoms with Gasteiger partial charge in [0.15, 0.2) is 0 Å². The summed E-state index contributed by atoms with van der Waals surface area (Å²) in [6, 6.07) is 24.3. The minimum atomic E-state index is -0.249. The number of nitrogens with zero attached hydrogens (tertiary/aromatic N) is 4. The van der Waals surface area contributed by atoms with Gasteiger partial charge >= 0.3 is 5.69 Å². The van der Waals surface area contributed by atoms with Crippen molar-refractivity contribution in [1.29, 1.82) is 0 Å². The number of nitrogens with one attached hydrogen (secondary N) is 1. The average Bonchev–Trinajstić information content (AvgIpc) is 3.15. The molecule has 36 heavy (non-hydrogen) atoms. The number of benzene rings is 3. The molecule has 0 radical (unpaired) electrons. The van der Waals surface area contributed by atoms with E-state index in [1.165, 1.54) is 4.57 Å². The van der Waals surface area contributed by atoms with Gasteiger partial charge in [-0.1, -0.05) is 61.5 Å². The fourth-order valence-corrected chi connectivity index (χ4v) is 4.53. The third kappa shape index (κ3) is 4.57. The summed E-state index contributed by atoms with van der Waals surface area (Å²) in [5.41, 5.74) is 2.59. The predicted molar refractivity (Wildman–Crippen MR) is 140 cm³/mol. The van der Waals surface area contributed by atoms with Gasteiger partial charge in [0.1, 0.15) is 12.4 Å². The van der Waals surface area contributed by atoms with E-state index < -0.39 is 0 Å². The van der Waals surface area contributed by atoms with Crippen molar-refractivity contribution in [2.24, 2.45) is 0 Å². The highest BCUT2D eigenvalue weighted by atomic mass is 16.2. The third-order valence-corrected chi connectivity index (χ3v) is 6.24. The molecule has 0 unspecified atom stereocenters. The summed E-state index contributed by atoms with van der Waals surface area (Å²) in [6.07, 6.45) is 0.809. The van der Waals surface area contributed by atoms with Crippen LogP contribution in [0.4, 0.5) is 0 Å². The molecule has 0 fully saturated rings. The van der Waals surface area contributed by atoms with Crippen molar-refractivity contribution in [1.82, 2.24) is 24.0 Å². The monoisotopic (exact) mass is 481 g/mol. The Morgan fingerprint density at radius 2 is 1.53 bits per heavy atom. The van der Waals surface area contributed by atoms with Gasteiger partial charge in [-0.3, -0.25) is 18.7 Å². The summed E-state index contributed by atoms with van der Waals surface area (Å²) >= 11 is 0. The molecule has 0 atom stereocenters. The topological polar surface area (TPSA) is 93.0 Å². The van der Waals surface area contributed by atoms with E-state index in [1.54, 1.807) is 27.7 Å². The zero-order valence-electron chi connectivity index (χ0n) is 20.1. The fourth-order valence-electron chi connectivity index (χ4n) is 4.53. The van der Waals surface area contributed by atoms with E-state index in [0.29, 0.717) is 29.8 Å². The Morgan fingerprint density at radius 1 is 0.861 bits per heavy atom. The van der Waals surface area contributed by atoms with E-state index in [9.17, 15) is 14.4 Å². The number of aryl methyl sites for hydroxylation is 1. The molecule has 2 aromatic heterocycles. The lowest BCUT2D eigenvalue weighted by Crippen LogP contribution is -2.37. The van der Waals surface area contributed by atoms with Crippen LogP contribution in [0.5, 0.6) is 0 Å². The van der Waals surface area contributed by atoms with E-state index in [4.69, 9.17) is 0 Å². The van der Waals surface area contributed by atoms with E-state index in [1.807, 2.05) is 67.6 Å². The maximum atomic E-state index is 13.7. The van der Waals surface area contributed by atoms with Crippen molar-refractivity contribution in [2.75, 3.05) is 0 Å². The van der Waals surface area contributed by atoms with Crippen molar-refractivity contribution in [3.63, 3.8) is 0 Å². The van der Waals surface area contributed by atoms with Gasteiger partial charge < -0.3 is 9.88 Å². The molecule has 0 saturated heterocycles. The molecule has 5 aromatic rings. The largest absolute Gasteiger partial charge is 0.329 e. The Hall–Kier alpha value is -4.46. The second kappa shape index (κ2) is 10.0. The van der Waals surface area contributed by atoms with Gasteiger partial charge in [-0.05, 0) is 36.2 Å². The van der Waals surface area contributed by atoms with Gasteiger partial charge in [0, 0.05) is 13.1 Å². The van der Waals surface area contributed by atoms with Crippen LogP contribution in [0, 0.1) is 0 Å². The summed E-state index contributed by atoms with van der Waals surface area (Å²) in [7, 11) is 0. The molecule has 3 aromatic carbocycles. The molecular formula is C28H27N5O3. The normalized spacial score (nSPS) is 11.2. The van der Waals surface area contributed by atoms with Gasteiger partial charge in [-0.2, -0.15) is 0 Å². The molecule has 8 heteroatoms. The summed E-state index contributed by atoms with van der Waals surface area (Å²) in [4.78, 5) is 48.5. The van der Waals surface area contributed by atoms with Gasteiger partial charge in [-0.25, -0.2) is 9.78 Å². The first kappa shape index (κ1) is 23.3. The highest BCUT2D eigenvalue weighted by Crippen LogP contribution is 2.15. The minimum Gasteiger partial charge on any atom is -0.329 e. The van der Waals surface area contributed by atoms with Crippen LogP contribution in [0.2, 0.25) is 0 Å². The quantitative estimate of drug-likeness (QED) is 0.366. The molecule has 0 aliphatic carbocycles. The first-order valence-corrected chi connectivity index (χ1v) is 12.0. The number of H-pyrrole nitrogens is 1. The molecule has 0 aliphatic heterocycles. The molecular weight excluding hydrogens is 454 g/mol. The standard InChI is InChI=1S/C28H27N5O3/c1-2-16-32-23-14-8-9-15-24(23)33(28(32)36)19-26(34)31(17-20-10-4-3-5-11-20)18-25-29-22-13-7-6-12-21(22)27(35)30-25/h3-15H,2,16-19H2,1H3,(H,29,30,35). The van der Waals surface area contributed by atoms with Crippen LogP contribution < -0.4 is 11.2 Å². The Balaban J connectivity index is 1.51. The number of aromatic amines is 1. The molecule has 0 saturated carbocycles. The second-order valence-electron chi connectivity index (χ2n) is 8.77. The van der Waals surface area contributed by atoms with E-state index >= 15 is 0 Å². The highest BCUT2D eigenvalue weighted by Gasteiger charge is 2.21. The van der Waals surface area contributed by atoms with E-state index in [0.717, 1.165) is 23.0 Å². The van der Waals surface area contributed by atoms with Crippen LogP contribution in [-0.4, -0.2) is 29.9 Å². The Morgan fingerprint density at radius 3 is 2.28 bits per heavy atom. The van der Waals surface area contributed by atoms with Crippen molar-refractivity contribution in [3.05, 3.63) is 111 Å². The Labute approximate surface area is 207 Å². The summed E-state index contributed by atoms with van der Waals surface area (Å²) in [5.74, 6) is 0.153. The molecule has 0 spiro atoms. The zero-order chi connectivity index (χ0) is 25.1. The number of carbonyl (C=O) groups is 1. The predicted octanol–water partition coefficient (Wildman–Crippen LogP) is 3.68. The van der Waals surface area contributed by atoms with Gasteiger partial charge in [-0.15, -0.1) is 0 Å².